The van der Waals surface area contributed by atoms with E-state index in [1.54, 1.807) is 0 Å². The SMILES string of the molecule is CCC1OC2=C(CCC(c3cnc(C4CCCN4C(=O)C(N)C(C)C)[nH]3)=C2)c2cc3cc(-c4cnc(C5CCCN5C(=O)C(c5ccccc5)C(C)C)[nH]4)ccc3n21. The zero-order valence-electron chi connectivity index (χ0n) is 34.4. The fourth-order valence-corrected chi connectivity index (χ4v) is 9.76. The lowest BCUT2D eigenvalue weighted by Gasteiger charge is -2.32. The molecule has 4 aliphatic rings. The van der Waals surface area contributed by atoms with Gasteiger partial charge in [-0.05, 0) is 85.8 Å². The number of H-pyrrole nitrogens is 2. The Morgan fingerprint density at radius 2 is 1.52 bits per heavy atom. The second-order valence-corrected chi connectivity index (χ2v) is 17.3. The Labute approximate surface area is 340 Å². The van der Waals surface area contributed by atoms with Crippen LogP contribution < -0.4 is 5.73 Å². The molecule has 11 nitrogen and oxygen atoms in total. The monoisotopic (exact) mass is 780 g/mol. The summed E-state index contributed by atoms with van der Waals surface area (Å²) in [6, 6.07) is 18.4. The molecule has 5 atom stereocenters. The van der Waals surface area contributed by atoms with Crippen LogP contribution in [0.15, 0.2) is 78.8 Å². The number of ether oxygens (including phenoxy) is 1. The molecule has 5 aromatic rings. The number of aromatic nitrogens is 5. The van der Waals surface area contributed by atoms with Gasteiger partial charge in [0.15, 0.2) is 6.23 Å². The van der Waals surface area contributed by atoms with E-state index in [-0.39, 0.29) is 47.9 Å². The Kier molecular flexibility index (Phi) is 10.1. The van der Waals surface area contributed by atoms with E-state index < -0.39 is 6.04 Å². The number of nitrogens with zero attached hydrogens (tertiary/aromatic N) is 5. The molecule has 58 heavy (non-hydrogen) atoms. The van der Waals surface area contributed by atoms with E-state index in [4.69, 9.17) is 20.4 Å². The second kappa shape index (κ2) is 15.4. The maximum atomic E-state index is 14.1. The van der Waals surface area contributed by atoms with Gasteiger partial charge in [-0.1, -0.05) is 71.0 Å². The van der Waals surface area contributed by atoms with Crippen LogP contribution in [0.3, 0.4) is 0 Å². The highest BCUT2D eigenvalue weighted by atomic mass is 16.5. The lowest BCUT2D eigenvalue weighted by Crippen LogP contribution is -2.46. The third-order valence-corrected chi connectivity index (χ3v) is 12.9. The van der Waals surface area contributed by atoms with Crippen molar-refractivity contribution in [1.29, 1.82) is 0 Å². The number of allylic oxidation sites excluding steroid dienone is 3. The Balaban J connectivity index is 0.964. The molecule has 2 amide bonds. The van der Waals surface area contributed by atoms with Crippen molar-refractivity contribution >= 4 is 33.9 Å². The van der Waals surface area contributed by atoms with Crippen molar-refractivity contribution in [2.24, 2.45) is 17.6 Å². The number of imidazole rings is 2. The van der Waals surface area contributed by atoms with Gasteiger partial charge in [-0.25, -0.2) is 9.97 Å². The van der Waals surface area contributed by atoms with Crippen molar-refractivity contribution < 1.29 is 14.3 Å². The molecule has 0 saturated carbocycles. The van der Waals surface area contributed by atoms with Gasteiger partial charge in [0, 0.05) is 36.0 Å². The summed E-state index contributed by atoms with van der Waals surface area (Å²) >= 11 is 0. The van der Waals surface area contributed by atoms with Gasteiger partial charge in [-0.2, -0.15) is 0 Å². The number of benzene rings is 2. The first-order chi connectivity index (χ1) is 28.1. The highest BCUT2D eigenvalue weighted by Crippen LogP contribution is 2.45. The van der Waals surface area contributed by atoms with Gasteiger partial charge in [0.2, 0.25) is 11.8 Å². The van der Waals surface area contributed by atoms with Gasteiger partial charge in [-0.15, -0.1) is 0 Å². The molecule has 0 spiro atoms. The molecule has 0 bridgehead atoms. The number of nitrogens with two attached hydrogens (primary N) is 1. The Hall–Kier alpha value is -5.42. The molecule has 6 heterocycles. The summed E-state index contributed by atoms with van der Waals surface area (Å²) in [5.41, 5.74) is 15.0. The number of carbonyl (C=O) groups is 2. The number of hydrogen-bond donors (Lipinski definition) is 3. The molecule has 2 aromatic carbocycles. The molecule has 4 N–H and O–H groups in total. The van der Waals surface area contributed by atoms with Crippen LogP contribution >= 0.6 is 0 Å². The number of rotatable bonds is 10. The van der Waals surface area contributed by atoms with Gasteiger partial charge < -0.3 is 34.8 Å². The molecule has 5 unspecified atom stereocenters. The minimum atomic E-state index is -0.508. The van der Waals surface area contributed by atoms with E-state index >= 15 is 0 Å². The number of carbonyl (C=O) groups excluding carboxylic acids is 2. The van der Waals surface area contributed by atoms with Gasteiger partial charge in [0.25, 0.3) is 0 Å². The summed E-state index contributed by atoms with van der Waals surface area (Å²) in [5.74, 6) is 2.86. The molecule has 11 heteroatoms. The highest BCUT2D eigenvalue weighted by Gasteiger charge is 2.38. The first-order valence-electron chi connectivity index (χ1n) is 21.4. The van der Waals surface area contributed by atoms with Crippen LogP contribution in [0, 0.1) is 11.8 Å². The molecular weight excluding hydrogens is 725 g/mol. The van der Waals surface area contributed by atoms with Crippen LogP contribution in [0.25, 0.3) is 33.3 Å². The molecule has 302 valence electrons. The summed E-state index contributed by atoms with van der Waals surface area (Å²) in [7, 11) is 0. The lowest BCUT2D eigenvalue weighted by atomic mass is 9.87. The van der Waals surface area contributed by atoms with Crippen molar-refractivity contribution in [2.45, 2.75) is 110 Å². The standard InChI is InChI=1S/C47H56N8O3/c1-6-41-55-36-19-17-30(34-25-49-44(51-34)37-14-10-20-53(37)46(56)42(27(2)3)29-12-8-7-9-13-29)22-32(36)23-39(55)33-18-16-31(24-40(33)58-41)35-26-50-45(52-35)38-15-11-21-54(38)47(57)43(48)28(4)5/h7-9,12-13,17,19,22-28,37-38,41-43H,6,10-11,14-16,18,20-21,48H2,1-5H3,(H,49,51)(H,50,52). The zero-order valence-corrected chi connectivity index (χ0v) is 34.4. The predicted molar refractivity (Wildman–Crippen MR) is 227 cm³/mol. The van der Waals surface area contributed by atoms with Gasteiger partial charge >= 0.3 is 0 Å². The third kappa shape index (κ3) is 6.67. The Morgan fingerprint density at radius 3 is 2.19 bits per heavy atom. The fraction of sp³-hybridized carbons (Fsp3) is 0.447. The van der Waals surface area contributed by atoms with E-state index in [0.717, 1.165) is 108 Å². The van der Waals surface area contributed by atoms with Crippen LogP contribution in [-0.2, 0) is 14.3 Å². The number of amides is 2. The summed E-state index contributed by atoms with van der Waals surface area (Å²) in [6.07, 6.45) is 12.1. The largest absolute Gasteiger partial charge is 0.470 e. The molecule has 2 saturated heterocycles. The first-order valence-corrected chi connectivity index (χ1v) is 21.4. The van der Waals surface area contributed by atoms with E-state index in [1.807, 2.05) is 54.2 Å². The quantitative estimate of drug-likeness (QED) is 0.129. The van der Waals surface area contributed by atoms with Crippen molar-refractivity contribution in [2.75, 3.05) is 13.1 Å². The number of nitrogens with one attached hydrogen (secondary N) is 2. The van der Waals surface area contributed by atoms with Crippen LogP contribution in [0.2, 0.25) is 0 Å². The van der Waals surface area contributed by atoms with Crippen LogP contribution in [0.4, 0.5) is 0 Å². The minimum absolute atomic E-state index is 0.00299. The molecule has 3 aliphatic heterocycles. The topological polar surface area (TPSA) is 138 Å². The zero-order chi connectivity index (χ0) is 40.2. The maximum Gasteiger partial charge on any atom is 0.240 e. The van der Waals surface area contributed by atoms with Crippen molar-refractivity contribution in [3.8, 4) is 11.3 Å². The van der Waals surface area contributed by atoms with Crippen molar-refractivity contribution in [3.63, 3.8) is 0 Å². The van der Waals surface area contributed by atoms with E-state index in [2.05, 4.69) is 77.8 Å². The molecule has 9 rings (SSSR count). The molecular formula is C47H56N8O3. The maximum absolute atomic E-state index is 14.1. The average Bonchev–Trinajstić information content (AvgIpc) is 4.08. The highest BCUT2D eigenvalue weighted by molar-refractivity contribution is 5.91. The summed E-state index contributed by atoms with van der Waals surface area (Å²) in [5, 5.41) is 1.15. The summed E-state index contributed by atoms with van der Waals surface area (Å²) < 4.78 is 9.13. The number of aromatic amines is 2. The molecule has 3 aromatic heterocycles. The normalized spacial score (nSPS) is 21.7. The second-order valence-electron chi connectivity index (χ2n) is 17.3. The summed E-state index contributed by atoms with van der Waals surface area (Å²) in [4.78, 5) is 48.1. The van der Waals surface area contributed by atoms with Crippen molar-refractivity contribution in [3.05, 3.63) is 107 Å². The number of fused-ring (bicyclic) bond motifs is 4. The van der Waals surface area contributed by atoms with Crippen LogP contribution in [-0.4, -0.2) is 65.2 Å². The fourth-order valence-electron chi connectivity index (χ4n) is 9.76. The predicted octanol–water partition coefficient (Wildman–Crippen LogP) is 9.03. The Morgan fingerprint density at radius 1 is 0.845 bits per heavy atom. The van der Waals surface area contributed by atoms with Gasteiger partial charge in [0.05, 0.1) is 59.0 Å². The van der Waals surface area contributed by atoms with E-state index in [9.17, 15) is 9.59 Å². The molecule has 2 fully saturated rings. The minimum Gasteiger partial charge on any atom is -0.470 e. The first kappa shape index (κ1) is 38.1. The van der Waals surface area contributed by atoms with Gasteiger partial charge in [0.1, 0.15) is 17.4 Å². The van der Waals surface area contributed by atoms with E-state index in [1.165, 1.54) is 11.3 Å². The van der Waals surface area contributed by atoms with Gasteiger partial charge in [-0.3, -0.25) is 9.59 Å². The number of hydrogen-bond acceptors (Lipinski definition) is 6. The molecule has 1 aliphatic carbocycles. The van der Waals surface area contributed by atoms with E-state index in [0.29, 0.717) is 6.54 Å². The smallest absolute Gasteiger partial charge is 0.240 e. The number of likely N-dealkylation sites (tertiary alicyclic amines) is 2. The van der Waals surface area contributed by atoms with Crippen LogP contribution in [0.1, 0.15) is 132 Å². The summed E-state index contributed by atoms with van der Waals surface area (Å²) in [6.45, 7) is 11.9. The lowest BCUT2D eigenvalue weighted by molar-refractivity contribution is -0.135. The van der Waals surface area contributed by atoms with Crippen LogP contribution in [0.5, 0.6) is 0 Å². The van der Waals surface area contributed by atoms with Crippen molar-refractivity contribution in [1.82, 2.24) is 34.3 Å². The average molecular weight is 781 g/mol. The third-order valence-electron chi connectivity index (χ3n) is 12.9. The molecule has 0 radical (unpaired) electrons. The Bertz CT molecular complexity index is 2400.